The van der Waals surface area contributed by atoms with Gasteiger partial charge >= 0.3 is 0 Å². The summed E-state index contributed by atoms with van der Waals surface area (Å²) >= 11 is 3.10. The van der Waals surface area contributed by atoms with Gasteiger partial charge in [0.15, 0.2) is 5.78 Å². The lowest BCUT2D eigenvalue weighted by Crippen LogP contribution is -2.22. The Morgan fingerprint density at radius 1 is 1.31 bits per heavy atom. The standard InChI is InChI=1S/C12H11BrO3/c1-12(2)4-3-7(14)9-10(12)8(15)5-6(13)11(9)16/h3-5,15-16H,1-2H3. The van der Waals surface area contributed by atoms with Crippen molar-refractivity contribution in [2.75, 3.05) is 0 Å². The summed E-state index contributed by atoms with van der Waals surface area (Å²) in [5.74, 6) is -0.388. The third kappa shape index (κ3) is 1.45. The number of carbonyl (C=O) groups is 1. The average Bonchev–Trinajstić information content (AvgIpc) is 2.18. The number of hydrogen-bond donors (Lipinski definition) is 2. The molecule has 0 spiro atoms. The van der Waals surface area contributed by atoms with E-state index in [9.17, 15) is 15.0 Å². The Labute approximate surface area is 102 Å². The van der Waals surface area contributed by atoms with Gasteiger partial charge < -0.3 is 10.2 Å². The average molecular weight is 283 g/mol. The summed E-state index contributed by atoms with van der Waals surface area (Å²) < 4.78 is 0.322. The molecular weight excluding hydrogens is 272 g/mol. The Kier molecular flexibility index (Phi) is 2.35. The van der Waals surface area contributed by atoms with E-state index in [-0.39, 0.29) is 22.8 Å². The van der Waals surface area contributed by atoms with E-state index in [0.717, 1.165) is 0 Å². The van der Waals surface area contributed by atoms with Gasteiger partial charge in [0.05, 0.1) is 10.0 Å². The molecule has 2 N–H and O–H groups in total. The zero-order valence-electron chi connectivity index (χ0n) is 8.91. The van der Waals surface area contributed by atoms with Gasteiger partial charge in [0.2, 0.25) is 0 Å². The molecule has 1 aliphatic rings. The number of hydrogen-bond acceptors (Lipinski definition) is 3. The highest BCUT2D eigenvalue weighted by Gasteiger charge is 2.33. The minimum Gasteiger partial charge on any atom is -0.508 e. The molecule has 4 heteroatoms. The van der Waals surface area contributed by atoms with Crippen molar-refractivity contribution in [2.24, 2.45) is 0 Å². The number of fused-ring (bicyclic) bond motifs is 1. The first kappa shape index (κ1) is 11.2. The molecule has 0 unspecified atom stereocenters. The van der Waals surface area contributed by atoms with Gasteiger partial charge in [-0.15, -0.1) is 0 Å². The maximum Gasteiger partial charge on any atom is 0.189 e. The van der Waals surface area contributed by atoms with Crippen molar-refractivity contribution in [3.8, 4) is 11.5 Å². The van der Waals surface area contributed by atoms with E-state index >= 15 is 0 Å². The monoisotopic (exact) mass is 282 g/mol. The summed E-state index contributed by atoms with van der Waals surface area (Å²) in [7, 11) is 0. The van der Waals surface area contributed by atoms with Gasteiger partial charge in [-0.3, -0.25) is 4.79 Å². The van der Waals surface area contributed by atoms with Crippen LogP contribution in [-0.2, 0) is 5.41 Å². The Bertz CT molecular complexity index is 515. The molecule has 0 heterocycles. The molecule has 0 bridgehead atoms. The van der Waals surface area contributed by atoms with Crippen molar-refractivity contribution in [2.45, 2.75) is 19.3 Å². The van der Waals surface area contributed by atoms with Crippen LogP contribution in [-0.4, -0.2) is 16.0 Å². The fourth-order valence-corrected chi connectivity index (χ4v) is 2.38. The molecule has 0 saturated heterocycles. The second kappa shape index (κ2) is 3.35. The van der Waals surface area contributed by atoms with Gasteiger partial charge in [-0.1, -0.05) is 19.9 Å². The first-order valence-corrected chi connectivity index (χ1v) is 5.62. The van der Waals surface area contributed by atoms with Crippen molar-refractivity contribution in [1.82, 2.24) is 0 Å². The second-order valence-corrected chi connectivity index (χ2v) is 5.25. The number of ketones is 1. The molecule has 1 aromatic rings. The predicted molar refractivity (Wildman–Crippen MR) is 64.0 cm³/mol. The normalized spacial score (nSPS) is 17.3. The number of aromatic hydroxyl groups is 2. The minimum absolute atomic E-state index is 0.0161. The Hall–Kier alpha value is -1.29. The van der Waals surface area contributed by atoms with Crippen LogP contribution in [0, 0.1) is 0 Å². The lowest BCUT2D eigenvalue weighted by molar-refractivity contribution is 0.103. The Morgan fingerprint density at radius 2 is 1.94 bits per heavy atom. The van der Waals surface area contributed by atoms with E-state index in [1.165, 1.54) is 12.1 Å². The summed E-state index contributed by atoms with van der Waals surface area (Å²) in [6.45, 7) is 3.75. The molecule has 0 radical (unpaired) electrons. The van der Waals surface area contributed by atoms with Crippen LogP contribution in [0.1, 0.15) is 29.8 Å². The number of phenols is 2. The number of benzene rings is 1. The molecule has 0 saturated carbocycles. The number of allylic oxidation sites excluding steroid dienone is 2. The van der Waals surface area contributed by atoms with E-state index in [4.69, 9.17) is 0 Å². The summed E-state index contributed by atoms with van der Waals surface area (Å²) in [4.78, 5) is 11.7. The summed E-state index contributed by atoms with van der Waals surface area (Å²) in [6, 6.07) is 1.41. The van der Waals surface area contributed by atoms with Crippen LogP contribution < -0.4 is 0 Å². The Morgan fingerprint density at radius 3 is 2.56 bits per heavy atom. The number of rotatable bonds is 0. The van der Waals surface area contributed by atoms with E-state index in [1.54, 1.807) is 6.08 Å². The second-order valence-electron chi connectivity index (χ2n) is 4.40. The highest BCUT2D eigenvalue weighted by atomic mass is 79.9. The maximum atomic E-state index is 11.7. The van der Waals surface area contributed by atoms with Crippen molar-refractivity contribution in [3.05, 3.63) is 33.8 Å². The molecule has 0 aliphatic heterocycles. The quantitative estimate of drug-likeness (QED) is 0.720. The molecule has 0 atom stereocenters. The number of phenolic OH excluding ortho intramolecular Hbond substituents is 2. The Balaban J connectivity index is 2.87. The fraction of sp³-hybridized carbons (Fsp3) is 0.250. The van der Waals surface area contributed by atoms with Crippen LogP contribution in [0.3, 0.4) is 0 Å². The molecule has 1 aliphatic carbocycles. The molecule has 0 amide bonds. The molecular formula is C12H11BrO3. The van der Waals surface area contributed by atoms with Gasteiger partial charge in [0.1, 0.15) is 11.5 Å². The van der Waals surface area contributed by atoms with Crippen molar-refractivity contribution in [3.63, 3.8) is 0 Å². The van der Waals surface area contributed by atoms with Crippen LogP contribution >= 0.6 is 15.9 Å². The van der Waals surface area contributed by atoms with E-state index in [2.05, 4.69) is 15.9 Å². The van der Waals surface area contributed by atoms with E-state index < -0.39 is 5.41 Å². The smallest absolute Gasteiger partial charge is 0.189 e. The predicted octanol–water partition coefficient (Wildman–Crippen LogP) is 2.89. The molecule has 2 rings (SSSR count). The largest absolute Gasteiger partial charge is 0.508 e. The summed E-state index contributed by atoms with van der Waals surface area (Å²) in [5, 5.41) is 19.7. The van der Waals surface area contributed by atoms with Crippen molar-refractivity contribution in [1.29, 1.82) is 0 Å². The lowest BCUT2D eigenvalue weighted by atomic mass is 9.76. The van der Waals surface area contributed by atoms with Gasteiger partial charge in [0.25, 0.3) is 0 Å². The number of halogens is 1. The van der Waals surface area contributed by atoms with Crippen LogP contribution in [0.25, 0.3) is 0 Å². The lowest BCUT2D eigenvalue weighted by Gasteiger charge is -2.28. The molecule has 0 fully saturated rings. The SMILES string of the molecule is CC1(C)C=CC(=O)c2c(O)c(Br)cc(O)c21. The first-order valence-electron chi connectivity index (χ1n) is 4.83. The summed E-state index contributed by atoms with van der Waals surface area (Å²) in [6.07, 6.45) is 3.15. The summed E-state index contributed by atoms with van der Waals surface area (Å²) in [5.41, 5.74) is 0.186. The minimum atomic E-state index is -0.467. The zero-order valence-corrected chi connectivity index (χ0v) is 10.5. The molecule has 84 valence electrons. The zero-order chi connectivity index (χ0) is 12.1. The van der Waals surface area contributed by atoms with Gasteiger partial charge in [-0.2, -0.15) is 0 Å². The topological polar surface area (TPSA) is 57.5 Å². The molecule has 1 aromatic carbocycles. The highest BCUT2D eigenvalue weighted by molar-refractivity contribution is 9.10. The third-order valence-corrected chi connectivity index (χ3v) is 3.38. The van der Waals surface area contributed by atoms with Crippen molar-refractivity contribution >= 4 is 21.7 Å². The molecule has 0 aromatic heterocycles. The molecule has 3 nitrogen and oxygen atoms in total. The van der Waals surface area contributed by atoms with Gasteiger partial charge in [0, 0.05) is 11.0 Å². The van der Waals surface area contributed by atoms with Crippen LogP contribution in [0.15, 0.2) is 22.7 Å². The van der Waals surface area contributed by atoms with E-state index in [1.807, 2.05) is 13.8 Å². The fourth-order valence-electron chi connectivity index (χ4n) is 1.97. The maximum absolute atomic E-state index is 11.7. The first-order chi connectivity index (χ1) is 7.34. The van der Waals surface area contributed by atoms with Gasteiger partial charge in [-0.25, -0.2) is 0 Å². The van der Waals surface area contributed by atoms with Crippen LogP contribution in [0.2, 0.25) is 0 Å². The van der Waals surface area contributed by atoms with Crippen LogP contribution in [0.4, 0.5) is 0 Å². The highest BCUT2D eigenvalue weighted by Crippen LogP contribution is 2.45. The van der Waals surface area contributed by atoms with Crippen LogP contribution in [0.5, 0.6) is 11.5 Å². The number of carbonyl (C=O) groups excluding carboxylic acids is 1. The third-order valence-electron chi connectivity index (χ3n) is 2.77. The van der Waals surface area contributed by atoms with E-state index in [0.29, 0.717) is 10.0 Å². The van der Waals surface area contributed by atoms with Gasteiger partial charge in [-0.05, 0) is 28.1 Å². The van der Waals surface area contributed by atoms with Crippen molar-refractivity contribution < 1.29 is 15.0 Å². The molecule has 16 heavy (non-hydrogen) atoms.